The number of pyridine rings is 1. The van der Waals surface area contributed by atoms with Crippen molar-refractivity contribution in [3.63, 3.8) is 0 Å². The molecule has 0 spiro atoms. The van der Waals surface area contributed by atoms with Gasteiger partial charge in [-0.2, -0.15) is 4.98 Å². The molecular weight excluding hydrogens is 354 g/mol. The van der Waals surface area contributed by atoms with Gasteiger partial charge in [-0.15, -0.1) is 5.10 Å². The number of hydrogen-bond acceptors (Lipinski definition) is 6. The molecule has 1 aliphatic heterocycles. The van der Waals surface area contributed by atoms with Crippen molar-refractivity contribution in [2.45, 2.75) is 25.3 Å². The highest BCUT2D eigenvalue weighted by Gasteiger charge is 2.36. The number of ketones is 1. The molecule has 1 aliphatic carbocycles. The Morgan fingerprint density at radius 1 is 1.11 bits per heavy atom. The summed E-state index contributed by atoms with van der Waals surface area (Å²) in [4.78, 5) is 21.6. The maximum Gasteiger partial charge on any atom is 0.226 e. The van der Waals surface area contributed by atoms with Crippen molar-refractivity contribution in [3.8, 4) is 17.1 Å². The monoisotopic (exact) mass is 373 g/mol. The zero-order valence-electron chi connectivity index (χ0n) is 15.4. The maximum atomic E-state index is 12.8. The number of fused-ring (bicyclic) bond motifs is 1. The molecule has 3 aromatic rings. The second-order valence-corrected chi connectivity index (χ2v) is 6.91. The largest absolute Gasteiger partial charge is 0.497 e. The summed E-state index contributed by atoms with van der Waals surface area (Å²) < 4.78 is 7.10. The average molecular weight is 373 g/mol. The molecule has 1 unspecified atom stereocenters. The molecule has 1 atom stereocenters. The lowest BCUT2D eigenvalue weighted by Gasteiger charge is -2.32. The zero-order valence-corrected chi connectivity index (χ0v) is 15.4. The highest BCUT2D eigenvalue weighted by atomic mass is 16.5. The summed E-state index contributed by atoms with van der Waals surface area (Å²) in [5, 5.41) is 8.09. The molecule has 0 bridgehead atoms. The Morgan fingerprint density at radius 3 is 2.64 bits per heavy atom. The zero-order chi connectivity index (χ0) is 19.1. The topological polar surface area (TPSA) is 81.9 Å². The number of Topliss-reactive ketones (excluding diaryl/α,β-unsaturated/α-hetero) is 1. The molecule has 0 saturated carbocycles. The smallest absolute Gasteiger partial charge is 0.226 e. The summed E-state index contributed by atoms with van der Waals surface area (Å²) in [5.74, 6) is 2.20. The van der Waals surface area contributed by atoms with Crippen LogP contribution in [0.4, 0.5) is 5.95 Å². The molecule has 1 aromatic carbocycles. The number of nitrogens with one attached hydrogen (secondary N) is 1. The van der Waals surface area contributed by atoms with E-state index in [1.54, 1.807) is 19.5 Å². The Morgan fingerprint density at radius 2 is 1.89 bits per heavy atom. The number of carbonyl (C=O) groups excluding carboxylic acids is 1. The van der Waals surface area contributed by atoms with Crippen molar-refractivity contribution >= 4 is 11.7 Å². The van der Waals surface area contributed by atoms with Gasteiger partial charge in [0.15, 0.2) is 11.6 Å². The van der Waals surface area contributed by atoms with Gasteiger partial charge in [0.05, 0.1) is 7.11 Å². The van der Waals surface area contributed by atoms with E-state index in [2.05, 4.69) is 15.3 Å². The van der Waals surface area contributed by atoms with E-state index < -0.39 is 0 Å². The fraction of sp³-hybridized carbons (Fsp3) is 0.238. The Bertz CT molecular complexity index is 1070. The molecule has 28 heavy (non-hydrogen) atoms. The van der Waals surface area contributed by atoms with Crippen LogP contribution in [0.1, 0.15) is 30.9 Å². The summed E-state index contributed by atoms with van der Waals surface area (Å²) in [6.45, 7) is 0. The van der Waals surface area contributed by atoms with Crippen LogP contribution in [0.5, 0.6) is 5.75 Å². The molecule has 0 saturated heterocycles. The van der Waals surface area contributed by atoms with Crippen molar-refractivity contribution in [1.82, 2.24) is 19.7 Å². The molecule has 0 radical (unpaired) electrons. The Balaban J connectivity index is 1.66. The van der Waals surface area contributed by atoms with Crippen LogP contribution >= 0.6 is 0 Å². The van der Waals surface area contributed by atoms with E-state index in [0.717, 1.165) is 41.0 Å². The SMILES string of the molecule is COc1ccc(C2C3=C(CCCC3=O)Nc3nc(-c4ccncc4)nn32)cc1. The number of ether oxygens (including phenoxy) is 1. The Hall–Kier alpha value is -3.48. The number of methoxy groups -OCH3 is 1. The molecular formula is C21H19N5O2. The minimum Gasteiger partial charge on any atom is -0.497 e. The predicted molar refractivity (Wildman–Crippen MR) is 104 cm³/mol. The van der Waals surface area contributed by atoms with Crippen LogP contribution in [-0.2, 0) is 4.79 Å². The molecule has 7 nitrogen and oxygen atoms in total. The van der Waals surface area contributed by atoms with E-state index in [0.29, 0.717) is 18.2 Å². The number of rotatable bonds is 3. The van der Waals surface area contributed by atoms with Gasteiger partial charge in [0.1, 0.15) is 11.8 Å². The number of nitrogens with zero attached hydrogens (tertiary/aromatic N) is 4. The van der Waals surface area contributed by atoms with Gasteiger partial charge in [0, 0.05) is 35.6 Å². The molecule has 1 N–H and O–H groups in total. The molecule has 0 amide bonds. The fourth-order valence-electron chi connectivity index (χ4n) is 3.87. The van der Waals surface area contributed by atoms with E-state index >= 15 is 0 Å². The lowest BCUT2D eigenvalue weighted by molar-refractivity contribution is -0.116. The average Bonchev–Trinajstić information content (AvgIpc) is 3.17. The summed E-state index contributed by atoms with van der Waals surface area (Å²) in [6.07, 6.45) is 5.69. The first-order chi connectivity index (χ1) is 13.7. The number of anilines is 1. The van der Waals surface area contributed by atoms with E-state index in [-0.39, 0.29) is 11.8 Å². The van der Waals surface area contributed by atoms with Crippen molar-refractivity contribution in [3.05, 3.63) is 65.6 Å². The van der Waals surface area contributed by atoms with Gasteiger partial charge in [-0.1, -0.05) is 12.1 Å². The van der Waals surface area contributed by atoms with Crippen molar-refractivity contribution in [2.75, 3.05) is 12.4 Å². The molecule has 0 fully saturated rings. The van der Waals surface area contributed by atoms with Gasteiger partial charge < -0.3 is 10.1 Å². The second kappa shape index (κ2) is 6.60. The summed E-state index contributed by atoms with van der Waals surface area (Å²) in [5.41, 5.74) is 3.61. The van der Waals surface area contributed by atoms with E-state index in [9.17, 15) is 4.79 Å². The summed E-state index contributed by atoms with van der Waals surface area (Å²) in [6, 6.07) is 11.2. The molecule has 7 heteroatoms. The number of benzene rings is 1. The highest BCUT2D eigenvalue weighted by Crippen LogP contribution is 2.40. The van der Waals surface area contributed by atoms with Crippen LogP contribution < -0.4 is 10.1 Å². The molecule has 140 valence electrons. The second-order valence-electron chi connectivity index (χ2n) is 6.91. The van der Waals surface area contributed by atoms with Gasteiger partial charge in [0.2, 0.25) is 5.95 Å². The van der Waals surface area contributed by atoms with Crippen LogP contribution in [0, 0.1) is 0 Å². The van der Waals surface area contributed by atoms with Gasteiger partial charge >= 0.3 is 0 Å². The number of hydrogen-bond donors (Lipinski definition) is 1. The van der Waals surface area contributed by atoms with Crippen LogP contribution in [0.15, 0.2) is 60.1 Å². The van der Waals surface area contributed by atoms with Gasteiger partial charge in [-0.3, -0.25) is 9.78 Å². The van der Waals surface area contributed by atoms with E-state index in [1.807, 2.05) is 41.1 Å². The normalized spacial score (nSPS) is 18.3. The first-order valence-electron chi connectivity index (χ1n) is 9.29. The van der Waals surface area contributed by atoms with Crippen LogP contribution in [-0.4, -0.2) is 32.6 Å². The minimum atomic E-state index is -0.298. The van der Waals surface area contributed by atoms with Crippen LogP contribution in [0.25, 0.3) is 11.4 Å². The predicted octanol–water partition coefficient (Wildman–Crippen LogP) is 3.37. The van der Waals surface area contributed by atoms with Crippen molar-refractivity contribution < 1.29 is 9.53 Å². The standard InChI is InChI=1S/C21H19N5O2/c1-28-15-7-5-13(6-8-15)19-18-16(3-2-4-17(18)27)23-21-24-20(25-26(19)21)14-9-11-22-12-10-14/h5-12,19H,2-4H2,1H3,(H,23,24,25). The molecule has 3 heterocycles. The van der Waals surface area contributed by atoms with Gasteiger partial charge in [0.25, 0.3) is 0 Å². The highest BCUT2D eigenvalue weighted by molar-refractivity contribution is 5.99. The molecule has 2 aliphatic rings. The summed E-state index contributed by atoms with van der Waals surface area (Å²) >= 11 is 0. The number of aromatic nitrogens is 4. The number of allylic oxidation sites excluding steroid dienone is 2. The Kier molecular flexibility index (Phi) is 3.93. The molecule has 2 aromatic heterocycles. The lowest BCUT2D eigenvalue weighted by Crippen LogP contribution is -2.31. The minimum absolute atomic E-state index is 0.168. The third kappa shape index (κ3) is 2.67. The van der Waals surface area contributed by atoms with Crippen LogP contribution in [0.3, 0.4) is 0 Å². The fourth-order valence-corrected chi connectivity index (χ4v) is 3.87. The quantitative estimate of drug-likeness (QED) is 0.758. The molecule has 5 rings (SSSR count). The van der Waals surface area contributed by atoms with Crippen molar-refractivity contribution in [2.24, 2.45) is 0 Å². The lowest BCUT2D eigenvalue weighted by atomic mass is 9.85. The van der Waals surface area contributed by atoms with Gasteiger partial charge in [-0.25, -0.2) is 4.68 Å². The van der Waals surface area contributed by atoms with E-state index in [4.69, 9.17) is 9.84 Å². The first kappa shape index (κ1) is 16.7. The number of carbonyl (C=O) groups is 1. The third-order valence-electron chi connectivity index (χ3n) is 5.24. The summed E-state index contributed by atoms with van der Waals surface area (Å²) in [7, 11) is 1.64. The van der Waals surface area contributed by atoms with Gasteiger partial charge in [-0.05, 0) is 42.7 Å². The van der Waals surface area contributed by atoms with Crippen LogP contribution in [0.2, 0.25) is 0 Å². The van der Waals surface area contributed by atoms with Crippen molar-refractivity contribution in [1.29, 1.82) is 0 Å². The third-order valence-corrected chi connectivity index (χ3v) is 5.24. The first-order valence-corrected chi connectivity index (χ1v) is 9.29. The Labute approximate surface area is 162 Å². The van der Waals surface area contributed by atoms with E-state index in [1.165, 1.54) is 0 Å². The maximum absolute atomic E-state index is 12.8.